The van der Waals surface area contributed by atoms with Crippen molar-refractivity contribution in [3.63, 3.8) is 0 Å². The molecule has 1 atom stereocenters. The average Bonchev–Trinajstić information content (AvgIpc) is 3.31. The lowest BCUT2D eigenvalue weighted by Gasteiger charge is -2.21. The van der Waals surface area contributed by atoms with E-state index < -0.39 is 0 Å². The molecule has 0 saturated heterocycles. The summed E-state index contributed by atoms with van der Waals surface area (Å²) in [6.07, 6.45) is 10.4. The number of nitrogens with one attached hydrogen (secondary N) is 1. The van der Waals surface area contributed by atoms with Gasteiger partial charge in [-0.15, -0.1) is 0 Å². The highest BCUT2D eigenvalue weighted by Gasteiger charge is 2.27. The van der Waals surface area contributed by atoms with Crippen LogP contribution in [0, 0.1) is 17.2 Å². The van der Waals surface area contributed by atoms with Gasteiger partial charge in [0.15, 0.2) is 5.88 Å². The Morgan fingerprint density at radius 1 is 1.38 bits per heavy atom. The maximum Gasteiger partial charge on any atom is 0.190 e. The topological polar surface area (TPSA) is 103 Å². The van der Waals surface area contributed by atoms with Crippen LogP contribution in [-0.4, -0.2) is 29.8 Å². The number of nitrogens with zero attached hydrogens (tertiary/aromatic N) is 5. The lowest BCUT2D eigenvalue weighted by Crippen LogP contribution is -2.17. The summed E-state index contributed by atoms with van der Waals surface area (Å²) in [6, 6.07) is 4.03. The molecule has 0 aliphatic heterocycles. The Morgan fingerprint density at radius 3 is 3.00 bits per heavy atom. The van der Waals surface area contributed by atoms with E-state index in [1.807, 2.05) is 10.9 Å². The number of nitriles is 1. The normalized spacial score (nSPS) is 16.5. The summed E-state index contributed by atoms with van der Waals surface area (Å²) in [4.78, 5) is 11.3. The number of hydrogen-bond acceptors (Lipinski definition) is 5. The Balaban J connectivity index is 1.71. The van der Waals surface area contributed by atoms with Crippen LogP contribution in [0.15, 0.2) is 24.8 Å². The van der Waals surface area contributed by atoms with Crippen molar-refractivity contribution in [1.29, 1.82) is 5.26 Å². The second kappa shape index (κ2) is 5.96. The van der Waals surface area contributed by atoms with E-state index in [4.69, 9.17) is 0 Å². The zero-order valence-corrected chi connectivity index (χ0v) is 13.2. The summed E-state index contributed by atoms with van der Waals surface area (Å²) in [6.45, 7) is 0. The van der Waals surface area contributed by atoms with Crippen molar-refractivity contribution >= 4 is 11.0 Å². The molecule has 24 heavy (non-hydrogen) atoms. The predicted octanol–water partition coefficient (Wildman–Crippen LogP) is 3.17. The molecule has 1 aliphatic carbocycles. The lowest BCUT2D eigenvalue weighted by molar-refractivity contribution is 0.315. The molecule has 4 rings (SSSR count). The van der Waals surface area contributed by atoms with E-state index in [-0.39, 0.29) is 11.9 Å². The van der Waals surface area contributed by atoms with Crippen LogP contribution >= 0.6 is 0 Å². The first-order valence-electron chi connectivity index (χ1n) is 8.20. The minimum atomic E-state index is 0.0625. The quantitative estimate of drug-likeness (QED) is 0.768. The number of aromatic nitrogens is 5. The van der Waals surface area contributed by atoms with Gasteiger partial charge in [0.25, 0.3) is 0 Å². The predicted molar refractivity (Wildman–Crippen MR) is 88.0 cm³/mol. The van der Waals surface area contributed by atoms with Crippen LogP contribution in [0.1, 0.15) is 38.1 Å². The Kier molecular flexibility index (Phi) is 3.65. The van der Waals surface area contributed by atoms with Gasteiger partial charge in [-0.1, -0.05) is 12.8 Å². The van der Waals surface area contributed by atoms with Gasteiger partial charge in [0, 0.05) is 23.2 Å². The highest BCUT2D eigenvalue weighted by molar-refractivity contribution is 5.91. The van der Waals surface area contributed by atoms with E-state index in [0.29, 0.717) is 18.0 Å². The molecule has 122 valence electrons. The summed E-state index contributed by atoms with van der Waals surface area (Å²) >= 11 is 0. The fourth-order valence-corrected chi connectivity index (χ4v) is 3.71. The molecule has 3 heterocycles. The average molecular weight is 322 g/mol. The van der Waals surface area contributed by atoms with Crippen LogP contribution in [0.3, 0.4) is 0 Å². The molecule has 3 aromatic rings. The van der Waals surface area contributed by atoms with Gasteiger partial charge in [-0.2, -0.15) is 10.4 Å². The van der Waals surface area contributed by atoms with Crippen LogP contribution in [0.2, 0.25) is 0 Å². The lowest BCUT2D eigenvalue weighted by atomic mass is 9.96. The Labute approximate surface area is 139 Å². The molecule has 1 fully saturated rings. The van der Waals surface area contributed by atoms with Gasteiger partial charge in [0.2, 0.25) is 0 Å². The van der Waals surface area contributed by atoms with E-state index >= 15 is 0 Å². The first kappa shape index (κ1) is 14.7. The highest BCUT2D eigenvalue weighted by Crippen LogP contribution is 2.36. The fraction of sp³-hybridized carbons (Fsp3) is 0.412. The molecule has 7 heteroatoms. The number of hydrogen-bond donors (Lipinski definition) is 2. The molecular formula is C17H18N6O. The van der Waals surface area contributed by atoms with Gasteiger partial charge < -0.3 is 10.1 Å². The van der Waals surface area contributed by atoms with Crippen molar-refractivity contribution < 1.29 is 5.11 Å². The number of aromatic amines is 1. The molecule has 0 aromatic carbocycles. The van der Waals surface area contributed by atoms with Gasteiger partial charge in [-0.3, -0.25) is 4.68 Å². The number of rotatable bonds is 4. The summed E-state index contributed by atoms with van der Waals surface area (Å²) < 4.78 is 1.91. The van der Waals surface area contributed by atoms with E-state index in [0.717, 1.165) is 29.5 Å². The highest BCUT2D eigenvalue weighted by atomic mass is 16.3. The number of aromatic hydroxyl groups is 1. The number of fused-ring (bicyclic) bond motifs is 1. The largest absolute Gasteiger partial charge is 0.495 e. The van der Waals surface area contributed by atoms with E-state index in [1.165, 1.54) is 19.2 Å². The maximum absolute atomic E-state index is 9.65. The standard InChI is InChI=1S/C17H18N6O/c18-6-5-14(11-3-1-2-4-11)23-9-12(8-21-23)16-13-7-15(24)22-17(13)20-10-19-16/h7-11,14,24H,1-5H2,(H,19,20,22). The maximum atomic E-state index is 9.65. The molecular weight excluding hydrogens is 304 g/mol. The van der Waals surface area contributed by atoms with Crippen LogP contribution in [-0.2, 0) is 0 Å². The third-order valence-corrected chi connectivity index (χ3v) is 4.87. The van der Waals surface area contributed by atoms with Crippen LogP contribution in [0.4, 0.5) is 0 Å². The molecule has 0 bridgehead atoms. The van der Waals surface area contributed by atoms with Crippen LogP contribution in [0.5, 0.6) is 5.88 Å². The first-order valence-corrected chi connectivity index (χ1v) is 8.20. The van der Waals surface area contributed by atoms with Gasteiger partial charge in [-0.25, -0.2) is 9.97 Å². The minimum absolute atomic E-state index is 0.0625. The summed E-state index contributed by atoms with van der Waals surface area (Å²) in [5, 5.41) is 24.1. The Hall–Kier alpha value is -2.88. The molecule has 0 amide bonds. The van der Waals surface area contributed by atoms with Gasteiger partial charge in [0.1, 0.15) is 12.0 Å². The minimum Gasteiger partial charge on any atom is -0.495 e. The third kappa shape index (κ3) is 2.50. The second-order valence-corrected chi connectivity index (χ2v) is 6.32. The first-order chi connectivity index (χ1) is 11.8. The molecule has 0 spiro atoms. The molecule has 0 radical (unpaired) electrons. The molecule has 2 N–H and O–H groups in total. The van der Waals surface area contributed by atoms with Crippen LogP contribution in [0.25, 0.3) is 22.3 Å². The van der Waals surface area contributed by atoms with Crippen molar-refractivity contribution in [3.8, 4) is 23.2 Å². The zero-order chi connectivity index (χ0) is 16.5. The number of H-pyrrole nitrogens is 1. The monoisotopic (exact) mass is 322 g/mol. The summed E-state index contributed by atoms with van der Waals surface area (Å²) in [5.74, 6) is 0.576. The molecule has 1 aliphatic rings. The summed E-state index contributed by atoms with van der Waals surface area (Å²) in [7, 11) is 0. The van der Waals surface area contributed by atoms with Gasteiger partial charge in [0.05, 0.1) is 30.4 Å². The van der Waals surface area contributed by atoms with Crippen molar-refractivity contribution in [2.45, 2.75) is 38.1 Å². The van der Waals surface area contributed by atoms with E-state index in [9.17, 15) is 10.4 Å². The zero-order valence-electron chi connectivity index (χ0n) is 13.2. The second-order valence-electron chi connectivity index (χ2n) is 6.32. The van der Waals surface area contributed by atoms with Crippen molar-refractivity contribution in [2.24, 2.45) is 5.92 Å². The summed E-state index contributed by atoms with van der Waals surface area (Å²) in [5.41, 5.74) is 2.18. The third-order valence-electron chi connectivity index (χ3n) is 4.87. The molecule has 1 unspecified atom stereocenters. The van der Waals surface area contributed by atoms with Gasteiger partial charge >= 0.3 is 0 Å². The van der Waals surface area contributed by atoms with Crippen molar-refractivity contribution in [2.75, 3.05) is 0 Å². The molecule has 1 saturated carbocycles. The Bertz CT molecular complexity index is 899. The van der Waals surface area contributed by atoms with Crippen molar-refractivity contribution in [1.82, 2.24) is 24.7 Å². The SMILES string of the molecule is N#CCC(C1CCCC1)n1cc(-c2ncnc3[nH]c(O)cc23)cn1. The molecule has 7 nitrogen and oxygen atoms in total. The van der Waals surface area contributed by atoms with E-state index in [1.54, 1.807) is 12.3 Å². The Morgan fingerprint density at radius 2 is 2.21 bits per heavy atom. The van der Waals surface area contributed by atoms with Crippen molar-refractivity contribution in [3.05, 3.63) is 24.8 Å². The van der Waals surface area contributed by atoms with Gasteiger partial charge in [-0.05, 0) is 18.8 Å². The van der Waals surface area contributed by atoms with Crippen LogP contribution < -0.4 is 0 Å². The molecule has 3 aromatic heterocycles. The smallest absolute Gasteiger partial charge is 0.190 e. The van der Waals surface area contributed by atoms with E-state index in [2.05, 4.69) is 26.1 Å². The fourth-order valence-electron chi connectivity index (χ4n) is 3.71.